The van der Waals surface area contributed by atoms with E-state index >= 15 is 0 Å². The van der Waals surface area contributed by atoms with Crippen LogP contribution in [0.5, 0.6) is 0 Å². The number of ether oxygens (including phenoxy) is 1. The second kappa shape index (κ2) is 5.00. The standard InChI is InChI=1S/C13H20N4O2S/c1-13(2)8-16(6-9(7-18)19-13)11-10(5-14)17-3-4-20-12(17)15-11/h3-4,9,18H,5-8,14H2,1-2H3. The Kier molecular flexibility index (Phi) is 3.45. The number of fused-ring (bicyclic) bond motifs is 1. The van der Waals surface area contributed by atoms with Crippen molar-refractivity contribution in [2.45, 2.75) is 32.1 Å². The molecule has 3 rings (SSSR count). The minimum absolute atomic E-state index is 0.0140. The molecule has 1 aliphatic heterocycles. The molecule has 6 nitrogen and oxygen atoms in total. The van der Waals surface area contributed by atoms with Crippen molar-refractivity contribution in [3.63, 3.8) is 0 Å². The van der Waals surface area contributed by atoms with Crippen LogP contribution in [0.15, 0.2) is 11.6 Å². The first-order chi connectivity index (χ1) is 9.54. The highest BCUT2D eigenvalue weighted by Gasteiger charge is 2.35. The number of anilines is 1. The summed E-state index contributed by atoms with van der Waals surface area (Å²) in [5, 5.41) is 11.4. The fourth-order valence-corrected chi connectivity index (χ4v) is 3.54. The van der Waals surface area contributed by atoms with Gasteiger partial charge in [0.1, 0.15) is 0 Å². The topological polar surface area (TPSA) is 76.0 Å². The van der Waals surface area contributed by atoms with Crippen LogP contribution >= 0.6 is 11.3 Å². The molecule has 1 saturated heterocycles. The van der Waals surface area contributed by atoms with Gasteiger partial charge < -0.3 is 20.5 Å². The summed E-state index contributed by atoms with van der Waals surface area (Å²) in [5.74, 6) is 0.911. The number of thiazole rings is 1. The van der Waals surface area contributed by atoms with E-state index in [1.54, 1.807) is 11.3 Å². The summed E-state index contributed by atoms with van der Waals surface area (Å²) in [4.78, 5) is 7.81. The zero-order chi connectivity index (χ0) is 14.3. The van der Waals surface area contributed by atoms with E-state index in [1.165, 1.54) is 0 Å². The molecule has 0 spiro atoms. The van der Waals surface area contributed by atoms with E-state index in [9.17, 15) is 5.11 Å². The quantitative estimate of drug-likeness (QED) is 0.877. The summed E-state index contributed by atoms with van der Waals surface area (Å²) >= 11 is 1.60. The van der Waals surface area contributed by atoms with Gasteiger partial charge in [0.05, 0.1) is 24.0 Å². The van der Waals surface area contributed by atoms with Crippen LogP contribution in [0.25, 0.3) is 4.96 Å². The molecule has 110 valence electrons. The maximum absolute atomic E-state index is 9.41. The molecule has 0 amide bonds. The van der Waals surface area contributed by atoms with Gasteiger partial charge in [-0.05, 0) is 13.8 Å². The Morgan fingerprint density at radius 2 is 2.40 bits per heavy atom. The SMILES string of the molecule is CC1(C)CN(c2nc3sccn3c2CN)CC(CO)O1. The number of nitrogens with zero attached hydrogens (tertiary/aromatic N) is 3. The Morgan fingerprint density at radius 3 is 3.10 bits per heavy atom. The molecule has 0 radical (unpaired) electrons. The van der Waals surface area contributed by atoms with Crippen LogP contribution in [0.4, 0.5) is 5.82 Å². The number of imidazole rings is 1. The maximum atomic E-state index is 9.41. The van der Waals surface area contributed by atoms with Gasteiger partial charge >= 0.3 is 0 Å². The normalized spacial score (nSPS) is 22.6. The van der Waals surface area contributed by atoms with Gasteiger partial charge in [-0.3, -0.25) is 4.40 Å². The number of aliphatic hydroxyl groups is 1. The van der Waals surface area contributed by atoms with Crippen LogP contribution in [0.2, 0.25) is 0 Å². The molecule has 7 heteroatoms. The van der Waals surface area contributed by atoms with Crippen molar-refractivity contribution in [2.75, 3.05) is 24.6 Å². The summed E-state index contributed by atoms with van der Waals surface area (Å²) in [6.07, 6.45) is 1.80. The third-order valence-corrected chi connectivity index (χ3v) is 4.27. The van der Waals surface area contributed by atoms with Gasteiger partial charge in [-0.1, -0.05) is 0 Å². The number of morpholine rings is 1. The third-order valence-electron chi connectivity index (χ3n) is 3.52. The molecular formula is C13H20N4O2S. The first kappa shape index (κ1) is 13.8. The van der Waals surface area contributed by atoms with Gasteiger partial charge in [-0.25, -0.2) is 4.98 Å². The van der Waals surface area contributed by atoms with E-state index in [-0.39, 0.29) is 18.3 Å². The number of hydrogen-bond donors (Lipinski definition) is 2. The lowest BCUT2D eigenvalue weighted by Gasteiger charge is -2.42. The van der Waals surface area contributed by atoms with Gasteiger partial charge in [-0.2, -0.15) is 0 Å². The lowest BCUT2D eigenvalue weighted by molar-refractivity contribution is -0.101. The lowest BCUT2D eigenvalue weighted by Crippen LogP contribution is -2.54. The Morgan fingerprint density at radius 1 is 1.60 bits per heavy atom. The average Bonchev–Trinajstić information content (AvgIpc) is 2.96. The third kappa shape index (κ3) is 2.31. The molecule has 3 N–H and O–H groups in total. The van der Waals surface area contributed by atoms with Crippen molar-refractivity contribution in [3.8, 4) is 0 Å². The fourth-order valence-electron chi connectivity index (χ4n) is 2.82. The van der Waals surface area contributed by atoms with E-state index in [1.807, 2.05) is 29.8 Å². The van der Waals surface area contributed by atoms with Crippen molar-refractivity contribution >= 4 is 22.1 Å². The number of aromatic nitrogens is 2. The van der Waals surface area contributed by atoms with Crippen LogP contribution < -0.4 is 10.6 Å². The molecule has 0 saturated carbocycles. The number of hydrogen-bond acceptors (Lipinski definition) is 6. The molecule has 0 aliphatic carbocycles. The van der Waals surface area contributed by atoms with E-state index in [0.717, 1.165) is 23.0 Å². The maximum Gasteiger partial charge on any atom is 0.195 e. The minimum Gasteiger partial charge on any atom is -0.394 e. The van der Waals surface area contributed by atoms with Crippen LogP contribution in [0.1, 0.15) is 19.5 Å². The summed E-state index contributed by atoms with van der Waals surface area (Å²) in [6, 6.07) is 0. The van der Waals surface area contributed by atoms with Gasteiger partial charge in [0, 0.05) is 31.2 Å². The van der Waals surface area contributed by atoms with Crippen molar-refractivity contribution in [3.05, 3.63) is 17.3 Å². The van der Waals surface area contributed by atoms with Gasteiger partial charge in [0.2, 0.25) is 0 Å². The van der Waals surface area contributed by atoms with Crippen molar-refractivity contribution < 1.29 is 9.84 Å². The number of rotatable bonds is 3. The predicted molar refractivity (Wildman–Crippen MR) is 79.2 cm³/mol. The largest absolute Gasteiger partial charge is 0.394 e. The van der Waals surface area contributed by atoms with Crippen molar-refractivity contribution in [1.82, 2.24) is 9.38 Å². The molecule has 1 aliphatic rings. The molecule has 20 heavy (non-hydrogen) atoms. The van der Waals surface area contributed by atoms with E-state index in [4.69, 9.17) is 15.5 Å². The minimum atomic E-state index is -0.311. The second-order valence-electron chi connectivity index (χ2n) is 5.70. The molecule has 2 aromatic heterocycles. The predicted octanol–water partition coefficient (Wildman–Crippen LogP) is 0.831. The Balaban J connectivity index is 1.98. The smallest absolute Gasteiger partial charge is 0.195 e. The highest BCUT2D eigenvalue weighted by Crippen LogP contribution is 2.29. The zero-order valence-corrected chi connectivity index (χ0v) is 12.6. The van der Waals surface area contributed by atoms with Crippen molar-refractivity contribution in [2.24, 2.45) is 5.73 Å². The Labute approximate surface area is 121 Å². The number of aliphatic hydroxyl groups excluding tert-OH is 1. The first-order valence-electron chi connectivity index (χ1n) is 6.72. The Hall–Kier alpha value is -1.15. The second-order valence-corrected chi connectivity index (χ2v) is 6.58. The highest BCUT2D eigenvalue weighted by atomic mass is 32.1. The summed E-state index contributed by atoms with van der Waals surface area (Å²) < 4.78 is 7.89. The molecule has 2 aromatic rings. The van der Waals surface area contributed by atoms with E-state index in [0.29, 0.717) is 13.1 Å². The van der Waals surface area contributed by atoms with Crippen LogP contribution in [-0.4, -0.2) is 45.9 Å². The summed E-state index contributed by atoms with van der Waals surface area (Å²) in [6.45, 7) is 5.89. The molecular weight excluding hydrogens is 276 g/mol. The van der Waals surface area contributed by atoms with E-state index in [2.05, 4.69) is 4.90 Å². The van der Waals surface area contributed by atoms with Gasteiger partial charge in [0.15, 0.2) is 10.8 Å². The average molecular weight is 296 g/mol. The van der Waals surface area contributed by atoms with E-state index < -0.39 is 0 Å². The molecule has 0 bridgehead atoms. The van der Waals surface area contributed by atoms with Crippen LogP contribution in [0.3, 0.4) is 0 Å². The molecule has 1 atom stereocenters. The van der Waals surface area contributed by atoms with Crippen molar-refractivity contribution in [1.29, 1.82) is 0 Å². The molecule has 1 fully saturated rings. The highest BCUT2D eigenvalue weighted by molar-refractivity contribution is 7.15. The molecule has 3 heterocycles. The van der Waals surface area contributed by atoms with Gasteiger partial charge in [0.25, 0.3) is 0 Å². The molecule has 1 unspecified atom stereocenters. The number of nitrogens with two attached hydrogens (primary N) is 1. The molecule has 0 aromatic carbocycles. The fraction of sp³-hybridized carbons (Fsp3) is 0.615. The Bertz CT molecular complexity index is 607. The summed E-state index contributed by atoms with van der Waals surface area (Å²) in [7, 11) is 0. The van der Waals surface area contributed by atoms with Crippen LogP contribution in [-0.2, 0) is 11.3 Å². The van der Waals surface area contributed by atoms with Crippen LogP contribution in [0, 0.1) is 0 Å². The monoisotopic (exact) mass is 296 g/mol. The first-order valence-corrected chi connectivity index (χ1v) is 7.60. The lowest BCUT2D eigenvalue weighted by atomic mass is 10.1. The van der Waals surface area contributed by atoms with Gasteiger partial charge in [-0.15, -0.1) is 11.3 Å². The zero-order valence-electron chi connectivity index (χ0n) is 11.7. The summed E-state index contributed by atoms with van der Waals surface area (Å²) in [5.41, 5.74) is 6.60.